The third-order valence-corrected chi connectivity index (χ3v) is 10.2. The Labute approximate surface area is 252 Å². The number of carbonyl (C=O) groups excluding carboxylic acids is 1. The van der Waals surface area contributed by atoms with Crippen LogP contribution in [0.15, 0.2) is 43.0 Å². The van der Waals surface area contributed by atoms with Crippen LogP contribution in [0.4, 0.5) is 10.1 Å². The van der Waals surface area contributed by atoms with Crippen molar-refractivity contribution in [2.45, 2.75) is 69.5 Å². The molecule has 2 aromatic carbocycles. The van der Waals surface area contributed by atoms with Crippen molar-refractivity contribution in [2.75, 3.05) is 38.2 Å². The van der Waals surface area contributed by atoms with Gasteiger partial charge in [0.05, 0.1) is 41.3 Å². The van der Waals surface area contributed by atoms with Gasteiger partial charge in [-0.3, -0.25) is 4.79 Å². The maximum Gasteiger partial charge on any atom is 0.246 e. The number of halogens is 1. The standard InChI is InChI=1S/C35H38FN5O2/c1-3-33(42)40-17-14-31-32(40)20-41(31)34-26(13-15-37)35(43-21-23-10-7-16-39(23)2)38-30-19-27(29(36)18-28(30)34)25-12-6-9-22-8-4-5-11-24(22)25/h3,6,9,12,18-19,23,31-32H,1,4-5,7-8,10-11,13-14,16-17,20-21H2,2H3/t23-,31+,32+/m0/s1. The fourth-order valence-corrected chi connectivity index (χ4v) is 7.84. The largest absolute Gasteiger partial charge is 0.476 e. The predicted molar refractivity (Wildman–Crippen MR) is 166 cm³/mol. The zero-order chi connectivity index (χ0) is 29.7. The number of nitrogens with zero attached hydrogens (tertiary/aromatic N) is 5. The van der Waals surface area contributed by atoms with Crippen molar-refractivity contribution >= 4 is 22.5 Å². The van der Waals surface area contributed by atoms with Gasteiger partial charge in [0.2, 0.25) is 11.8 Å². The molecule has 1 aliphatic carbocycles. The van der Waals surface area contributed by atoms with Crippen LogP contribution in [0.3, 0.4) is 0 Å². The molecular weight excluding hydrogens is 541 g/mol. The second kappa shape index (κ2) is 11.3. The number of aryl methyl sites for hydroxylation is 1. The second-order valence-corrected chi connectivity index (χ2v) is 12.5. The number of hydrogen-bond donors (Lipinski definition) is 0. The summed E-state index contributed by atoms with van der Waals surface area (Å²) < 4.78 is 22.7. The SMILES string of the molecule is C=CC(=O)N1CC[C@@H]2[C@H]1CN2c1c(CC#N)c(OC[C@@H]2CCCN2C)nc2cc(-c3cccc4c3CCCC4)c(F)cc12. The molecule has 3 aliphatic heterocycles. The third-order valence-electron chi connectivity index (χ3n) is 10.2. The minimum Gasteiger partial charge on any atom is -0.476 e. The Morgan fingerprint density at radius 1 is 1.16 bits per heavy atom. The number of aromatic nitrogens is 1. The van der Waals surface area contributed by atoms with Gasteiger partial charge in [0.15, 0.2) is 0 Å². The van der Waals surface area contributed by atoms with Crippen LogP contribution in [-0.2, 0) is 24.1 Å². The highest BCUT2D eigenvalue weighted by Crippen LogP contribution is 2.45. The molecule has 4 heterocycles. The molecule has 0 unspecified atom stereocenters. The Bertz CT molecular complexity index is 1650. The van der Waals surface area contributed by atoms with E-state index in [1.807, 2.05) is 23.1 Å². The molecule has 7 rings (SSSR count). The highest BCUT2D eigenvalue weighted by molar-refractivity contribution is 5.98. The van der Waals surface area contributed by atoms with E-state index in [4.69, 9.17) is 9.72 Å². The summed E-state index contributed by atoms with van der Waals surface area (Å²) in [6.45, 7) is 6.47. The van der Waals surface area contributed by atoms with Crippen molar-refractivity contribution in [3.05, 3.63) is 65.5 Å². The van der Waals surface area contributed by atoms with E-state index in [9.17, 15) is 10.1 Å². The second-order valence-electron chi connectivity index (χ2n) is 12.5. The van der Waals surface area contributed by atoms with Crippen LogP contribution >= 0.6 is 0 Å². The molecule has 1 amide bonds. The normalized spacial score (nSPS) is 23.0. The Hall–Kier alpha value is -3.96. The first-order valence-corrected chi connectivity index (χ1v) is 15.7. The summed E-state index contributed by atoms with van der Waals surface area (Å²) in [5.74, 6) is 0.110. The monoisotopic (exact) mass is 579 g/mol. The molecule has 7 nitrogen and oxygen atoms in total. The minimum atomic E-state index is -0.286. The van der Waals surface area contributed by atoms with E-state index in [-0.39, 0.29) is 36.3 Å². The molecule has 43 heavy (non-hydrogen) atoms. The van der Waals surface area contributed by atoms with Gasteiger partial charge in [0.1, 0.15) is 12.4 Å². The molecule has 8 heteroatoms. The van der Waals surface area contributed by atoms with Gasteiger partial charge in [-0.25, -0.2) is 9.37 Å². The van der Waals surface area contributed by atoms with E-state index in [0.29, 0.717) is 47.6 Å². The van der Waals surface area contributed by atoms with Crippen LogP contribution < -0.4 is 9.64 Å². The highest BCUT2D eigenvalue weighted by atomic mass is 19.1. The summed E-state index contributed by atoms with van der Waals surface area (Å²) in [6, 6.07) is 12.5. The van der Waals surface area contributed by atoms with Gasteiger partial charge in [-0.2, -0.15) is 5.26 Å². The van der Waals surface area contributed by atoms with Crippen LogP contribution in [0.1, 0.15) is 48.8 Å². The smallest absolute Gasteiger partial charge is 0.246 e. The lowest BCUT2D eigenvalue weighted by atomic mass is 9.85. The number of pyridine rings is 1. The molecule has 1 aromatic heterocycles. The van der Waals surface area contributed by atoms with Gasteiger partial charge in [-0.1, -0.05) is 24.8 Å². The van der Waals surface area contributed by atoms with E-state index in [1.165, 1.54) is 17.2 Å². The van der Waals surface area contributed by atoms with Crippen molar-refractivity contribution in [1.82, 2.24) is 14.8 Å². The van der Waals surface area contributed by atoms with Crippen molar-refractivity contribution < 1.29 is 13.9 Å². The van der Waals surface area contributed by atoms with Gasteiger partial charge in [0, 0.05) is 30.1 Å². The van der Waals surface area contributed by atoms with Crippen molar-refractivity contribution in [1.29, 1.82) is 5.26 Å². The van der Waals surface area contributed by atoms with E-state index >= 15 is 4.39 Å². The quantitative estimate of drug-likeness (QED) is 0.348. The Morgan fingerprint density at radius 3 is 2.81 bits per heavy atom. The van der Waals surface area contributed by atoms with Gasteiger partial charge in [-0.15, -0.1) is 0 Å². The number of fused-ring (bicyclic) bond motifs is 3. The first kappa shape index (κ1) is 27.8. The summed E-state index contributed by atoms with van der Waals surface area (Å²) in [5, 5.41) is 10.6. The summed E-state index contributed by atoms with van der Waals surface area (Å²) in [5.41, 5.74) is 6.22. The van der Waals surface area contributed by atoms with Gasteiger partial charge >= 0.3 is 0 Å². The Balaban J connectivity index is 1.36. The molecule has 3 aromatic rings. The molecule has 0 radical (unpaired) electrons. The molecule has 3 fully saturated rings. The zero-order valence-corrected chi connectivity index (χ0v) is 24.8. The third kappa shape index (κ3) is 4.75. The Kier molecular flexibility index (Phi) is 7.30. The van der Waals surface area contributed by atoms with Crippen LogP contribution in [0, 0.1) is 17.1 Å². The number of anilines is 1. The molecular formula is C35H38FN5O2. The lowest BCUT2D eigenvalue weighted by Gasteiger charge is -2.49. The van der Waals surface area contributed by atoms with Gasteiger partial charge in [-0.05, 0) is 93.4 Å². The average Bonchev–Trinajstić information content (AvgIpc) is 3.58. The lowest BCUT2D eigenvalue weighted by molar-refractivity contribution is -0.127. The number of benzene rings is 2. The maximum atomic E-state index is 16.2. The minimum absolute atomic E-state index is 0.0597. The van der Waals surface area contributed by atoms with Crippen LogP contribution in [0.25, 0.3) is 22.0 Å². The maximum absolute atomic E-state index is 16.2. The highest BCUT2D eigenvalue weighted by Gasteiger charge is 2.49. The van der Waals surface area contributed by atoms with Gasteiger partial charge in [0.25, 0.3) is 0 Å². The topological polar surface area (TPSA) is 72.7 Å². The number of likely N-dealkylation sites (tertiary alicyclic amines) is 2. The number of amides is 1. The number of nitriles is 1. The summed E-state index contributed by atoms with van der Waals surface area (Å²) in [6.07, 6.45) is 8.71. The van der Waals surface area contributed by atoms with Crippen molar-refractivity contribution in [3.63, 3.8) is 0 Å². The molecule has 0 spiro atoms. The van der Waals surface area contributed by atoms with E-state index in [0.717, 1.165) is 62.7 Å². The molecule has 0 N–H and O–H groups in total. The number of ether oxygens (including phenoxy) is 1. The average molecular weight is 580 g/mol. The number of rotatable bonds is 7. The summed E-state index contributed by atoms with van der Waals surface area (Å²) in [7, 11) is 2.11. The van der Waals surface area contributed by atoms with Crippen molar-refractivity contribution in [2.24, 2.45) is 0 Å². The molecule has 4 aliphatic rings. The molecule has 0 bridgehead atoms. The van der Waals surface area contributed by atoms with E-state index in [2.05, 4.69) is 35.6 Å². The van der Waals surface area contributed by atoms with Crippen molar-refractivity contribution in [3.8, 4) is 23.1 Å². The number of likely N-dealkylation sites (N-methyl/N-ethyl adjacent to an activating group) is 1. The van der Waals surface area contributed by atoms with Crippen LogP contribution in [-0.4, -0.2) is 72.1 Å². The first-order valence-electron chi connectivity index (χ1n) is 15.7. The summed E-state index contributed by atoms with van der Waals surface area (Å²) in [4.78, 5) is 23.9. The fraction of sp³-hybridized carbons (Fsp3) is 0.457. The Morgan fingerprint density at radius 2 is 2.02 bits per heavy atom. The zero-order valence-electron chi connectivity index (χ0n) is 24.8. The van der Waals surface area contributed by atoms with Gasteiger partial charge < -0.3 is 19.4 Å². The number of hydrogen-bond acceptors (Lipinski definition) is 6. The van der Waals surface area contributed by atoms with E-state index in [1.54, 1.807) is 6.07 Å². The van der Waals surface area contributed by atoms with Crippen LogP contribution in [0.2, 0.25) is 0 Å². The first-order chi connectivity index (χ1) is 21.0. The van der Waals surface area contributed by atoms with E-state index < -0.39 is 0 Å². The molecule has 3 atom stereocenters. The molecule has 0 saturated carbocycles. The predicted octanol–water partition coefficient (Wildman–Crippen LogP) is 5.43. The molecule has 3 saturated heterocycles. The fourth-order valence-electron chi connectivity index (χ4n) is 7.84. The number of carbonyl (C=O) groups is 1. The van der Waals surface area contributed by atoms with Crippen LogP contribution in [0.5, 0.6) is 5.88 Å². The molecule has 222 valence electrons. The lowest BCUT2D eigenvalue weighted by Crippen LogP contribution is -2.63. The summed E-state index contributed by atoms with van der Waals surface area (Å²) >= 11 is 0.